The van der Waals surface area contributed by atoms with E-state index in [0.717, 1.165) is 0 Å². The molecule has 0 saturated carbocycles. The van der Waals surface area contributed by atoms with Crippen LogP contribution in [0.25, 0.3) is 38.7 Å². The normalized spacial score (nSPS) is 13.2. The molecule has 0 amide bonds. The second kappa shape index (κ2) is 6.46. The van der Waals surface area contributed by atoms with E-state index in [9.17, 15) is 0 Å². The van der Waals surface area contributed by atoms with Crippen LogP contribution in [0, 0.1) is 5.92 Å². The van der Waals surface area contributed by atoms with Gasteiger partial charge in [-0.25, -0.2) is 0 Å². The van der Waals surface area contributed by atoms with Crippen LogP contribution in [-0.4, -0.2) is 0 Å². The van der Waals surface area contributed by atoms with Crippen molar-refractivity contribution in [3.05, 3.63) is 132 Å². The minimum atomic E-state index is 1.28. The maximum Gasteiger partial charge on any atom is 0.0570 e. The average molecular weight is 367 g/mol. The molecule has 0 heterocycles. The zero-order valence-corrected chi connectivity index (χ0v) is 16.0. The van der Waals surface area contributed by atoms with Crippen LogP contribution in [0.4, 0.5) is 0 Å². The SMILES string of the molecule is C1=Cc2c(cccc2-c2cccc3ccccc23)[C]1c1cccc2ccccc12. The van der Waals surface area contributed by atoms with E-state index in [4.69, 9.17) is 0 Å². The lowest BCUT2D eigenvalue weighted by atomic mass is 9.87. The zero-order chi connectivity index (χ0) is 19.2. The molecule has 0 saturated heterocycles. The Morgan fingerprint density at radius 2 is 0.862 bits per heavy atom. The molecule has 1 aliphatic carbocycles. The molecule has 0 spiro atoms. The van der Waals surface area contributed by atoms with E-state index in [0.29, 0.717) is 0 Å². The molecule has 6 rings (SSSR count). The van der Waals surface area contributed by atoms with Gasteiger partial charge in [-0.05, 0) is 49.4 Å². The van der Waals surface area contributed by atoms with Gasteiger partial charge >= 0.3 is 0 Å². The zero-order valence-electron chi connectivity index (χ0n) is 16.0. The van der Waals surface area contributed by atoms with E-state index in [1.165, 1.54) is 55.3 Å². The van der Waals surface area contributed by atoms with E-state index >= 15 is 0 Å². The predicted octanol–water partition coefficient (Wildman–Crippen LogP) is 7.66. The molecule has 0 bridgehead atoms. The first-order valence-electron chi connectivity index (χ1n) is 10.0. The summed E-state index contributed by atoms with van der Waals surface area (Å²) >= 11 is 0. The van der Waals surface area contributed by atoms with Crippen molar-refractivity contribution in [2.75, 3.05) is 0 Å². The summed E-state index contributed by atoms with van der Waals surface area (Å²) in [6.07, 6.45) is 4.56. The molecule has 0 N–H and O–H groups in total. The third kappa shape index (κ3) is 2.53. The Morgan fingerprint density at radius 1 is 0.345 bits per heavy atom. The van der Waals surface area contributed by atoms with Crippen molar-refractivity contribution in [3.63, 3.8) is 0 Å². The average Bonchev–Trinajstić information content (AvgIpc) is 3.22. The van der Waals surface area contributed by atoms with Gasteiger partial charge in [0.05, 0.1) is 5.92 Å². The Labute approximate surface area is 170 Å². The highest BCUT2D eigenvalue weighted by Gasteiger charge is 2.24. The highest BCUT2D eigenvalue weighted by Crippen LogP contribution is 2.42. The fourth-order valence-corrected chi connectivity index (χ4v) is 4.63. The standard InChI is InChI=1S/C29H19/c1-3-12-22-20(8-1)10-5-14-24(22)26-16-7-17-27-28(18-19-29(26)27)25-15-6-11-21-9-2-4-13-23(21)25/h1-19H. The molecular weight excluding hydrogens is 348 g/mol. The Hall–Kier alpha value is -3.64. The molecule has 5 aromatic rings. The van der Waals surface area contributed by atoms with E-state index in [1.807, 2.05) is 0 Å². The first kappa shape index (κ1) is 16.3. The largest absolute Gasteiger partial charge is 0.0674 e. The highest BCUT2D eigenvalue weighted by molar-refractivity contribution is 6.00. The number of hydrogen-bond acceptors (Lipinski definition) is 0. The topological polar surface area (TPSA) is 0 Å². The second-order valence-corrected chi connectivity index (χ2v) is 7.57. The third-order valence-electron chi connectivity index (χ3n) is 5.97. The quantitative estimate of drug-likeness (QED) is 0.300. The molecule has 0 heteroatoms. The van der Waals surface area contributed by atoms with Crippen LogP contribution in [0.1, 0.15) is 16.7 Å². The van der Waals surface area contributed by atoms with E-state index in [2.05, 4.69) is 115 Å². The number of benzene rings is 5. The van der Waals surface area contributed by atoms with Crippen molar-refractivity contribution < 1.29 is 0 Å². The monoisotopic (exact) mass is 367 g/mol. The van der Waals surface area contributed by atoms with Crippen molar-refractivity contribution in [1.29, 1.82) is 0 Å². The number of hydrogen-bond donors (Lipinski definition) is 0. The Morgan fingerprint density at radius 3 is 1.62 bits per heavy atom. The summed E-state index contributed by atoms with van der Waals surface area (Å²) in [6, 6.07) is 37.1. The molecule has 29 heavy (non-hydrogen) atoms. The molecule has 0 aromatic heterocycles. The maximum atomic E-state index is 2.28. The van der Waals surface area contributed by atoms with Gasteiger partial charge in [-0.3, -0.25) is 0 Å². The molecule has 135 valence electrons. The first-order valence-corrected chi connectivity index (χ1v) is 10.0. The summed E-state index contributed by atoms with van der Waals surface area (Å²) in [5.41, 5.74) is 6.52. The van der Waals surface area contributed by atoms with Crippen LogP contribution in [0.2, 0.25) is 0 Å². The number of allylic oxidation sites excluding steroid dienone is 1. The fourth-order valence-electron chi connectivity index (χ4n) is 4.63. The summed E-state index contributed by atoms with van der Waals surface area (Å²) in [4.78, 5) is 0. The molecule has 0 aliphatic heterocycles. The lowest BCUT2D eigenvalue weighted by Crippen LogP contribution is -1.99. The van der Waals surface area contributed by atoms with Crippen LogP contribution in [0.15, 0.2) is 109 Å². The third-order valence-corrected chi connectivity index (χ3v) is 5.97. The van der Waals surface area contributed by atoms with Gasteiger partial charge < -0.3 is 0 Å². The summed E-state index contributed by atoms with van der Waals surface area (Å²) in [7, 11) is 0. The van der Waals surface area contributed by atoms with E-state index in [1.54, 1.807) is 0 Å². The summed E-state index contributed by atoms with van der Waals surface area (Å²) in [6.45, 7) is 0. The van der Waals surface area contributed by atoms with Gasteiger partial charge in [-0.1, -0.05) is 115 Å². The van der Waals surface area contributed by atoms with Crippen molar-refractivity contribution >= 4 is 27.6 Å². The van der Waals surface area contributed by atoms with Crippen LogP contribution in [0.5, 0.6) is 0 Å². The van der Waals surface area contributed by atoms with Crippen LogP contribution in [0.3, 0.4) is 0 Å². The highest BCUT2D eigenvalue weighted by atomic mass is 14.3. The molecule has 0 fully saturated rings. The lowest BCUT2D eigenvalue weighted by Gasteiger charge is -2.16. The molecule has 5 aromatic carbocycles. The van der Waals surface area contributed by atoms with Crippen molar-refractivity contribution in [2.24, 2.45) is 0 Å². The van der Waals surface area contributed by atoms with E-state index in [-0.39, 0.29) is 0 Å². The van der Waals surface area contributed by atoms with Crippen LogP contribution in [-0.2, 0) is 0 Å². The minimum Gasteiger partial charge on any atom is -0.0674 e. The fraction of sp³-hybridized carbons (Fsp3) is 0. The first-order chi connectivity index (χ1) is 14.4. The summed E-state index contributed by atoms with van der Waals surface area (Å²) in [5, 5.41) is 5.17. The molecule has 0 nitrogen and oxygen atoms in total. The Kier molecular flexibility index (Phi) is 3.64. The van der Waals surface area contributed by atoms with Gasteiger partial charge in [0.1, 0.15) is 0 Å². The Balaban J connectivity index is 1.56. The van der Waals surface area contributed by atoms with Crippen molar-refractivity contribution in [2.45, 2.75) is 0 Å². The number of fused-ring (bicyclic) bond motifs is 3. The van der Waals surface area contributed by atoms with E-state index < -0.39 is 0 Å². The molecule has 0 unspecified atom stereocenters. The van der Waals surface area contributed by atoms with Gasteiger partial charge in [0.25, 0.3) is 0 Å². The van der Waals surface area contributed by atoms with Gasteiger partial charge in [-0.15, -0.1) is 0 Å². The van der Waals surface area contributed by atoms with Crippen molar-refractivity contribution in [1.82, 2.24) is 0 Å². The summed E-state index contributed by atoms with van der Waals surface area (Å²) in [5.74, 6) is 1.30. The van der Waals surface area contributed by atoms with Gasteiger partial charge in [-0.2, -0.15) is 0 Å². The smallest absolute Gasteiger partial charge is 0.0570 e. The molecule has 0 atom stereocenters. The van der Waals surface area contributed by atoms with Gasteiger partial charge in [0.2, 0.25) is 0 Å². The number of rotatable bonds is 2. The van der Waals surface area contributed by atoms with Crippen LogP contribution >= 0.6 is 0 Å². The predicted molar refractivity (Wildman–Crippen MR) is 124 cm³/mol. The second-order valence-electron chi connectivity index (χ2n) is 7.57. The maximum absolute atomic E-state index is 2.28. The molecular formula is C29H19. The van der Waals surface area contributed by atoms with Crippen LogP contribution < -0.4 is 0 Å². The summed E-state index contributed by atoms with van der Waals surface area (Å²) < 4.78 is 0. The minimum absolute atomic E-state index is 1.28. The lowest BCUT2D eigenvalue weighted by molar-refractivity contribution is 1.34. The Bertz CT molecular complexity index is 1390. The van der Waals surface area contributed by atoms with Gasteiger partial charge in [0, 0.05) is 0 Å². The molecule has 1 aliphatic rings. The van der Waals surface area contributed by atoms with Crippen molar-refractivity contribution in [3.8, 4) is 11.1 Å². The molecule has 1 radical (unpaired) electrons. The van der Waals surface area contributed by atoms with Gasteiger partial charge in [0.15, 0.2) is 0 Å².